The standard InChI is InChI=1S/C28H26N4/c1-3-19-8-12-21(13-9-19)25-17-29-27(31-25)23-6-5-7-24(16-23)28-30-18-26(32-28)22-14-10-20(4-2)11-15-22/h5-18H,3-4H2,1-2H3,(H,29,31)(H,30,32). The zero-order valence-corrected chi connectivity index (χ0v) is 18.4. The lowest BCUT2D eigenvalue weighted by atomic mass is 10.1. The molecule has 0 aliphatic heterocycles. The number of benzene rings is 3. The summed E-state index contributed by atoms with van der Waals surface area (Å²) in [5.41, 5.74) is 8.85. The Balaban J connectivity index is 1.40. The van der Waals surface area contributed by atoms with E-state index in [-0.39, 0.29) is 0 Å². The SMILES string of the molecule is CCc1ccc(-c2c[nH]c(-c3cccc(-c4nc(-c5ccc(CC)cc5)c[nH]4)c3)n2)cc1. The van der Waals surface area contributed by atoms with Gasteiger partial charge in [-0.3, -0.25) is 0 Å². The summed E-state index contributed by atoms with van der Waals surface area (Å²) >= 11 is 0. The summed E-state index contributed by atoms with van der Waals surface area (Å²) in [6, 6.07) is 25.5. The maximum Gasteiger partial charge on any atom is 0.138 e. The Kier molecular flexibility index (Phi) is 5.42. The van der Waals surface area contributed by atoms with Crippen LogP contribution in [0.3, 0.4) is 0 Å². The van der Waals surface area contributed by atoms with Crippen molar-refractivity contribution in [1.82, 2.24) is 19.9 Å². The average Bonchev–Trinajstić information content (AvgIpc) is 3.55. The van der Waals surface area contributed by atoms with Gasteiger partial charge in [0.1, 0.15) is 11.6 Å². The van der Waals surface area contributed by atoms with Crippen LogP contribution in [0.4, 0.5) is 0 Å². The van der Waals surface area contributed by atoms with Crippen LogP contribution in [0.5, 0.6) is 0 Å². The number of aryl methyl sites for hydroxylation is 2. The van der Waals surface area contributed by atoms with Crippen molar-refractivity contribution >= 4 is 0 Å². The van der Waals surface area contributed by atoms with E-state index in [0.717, 1.165) is 58.1 Å². The first-order chi connectivity index (χ1) is 15.7. The Bertz CT molecular complexity index is 1220. The van der Waals surface area contributed by atoms with Gasteiger partial charge >= 0.3 is 0 Å². The highest BCUT2D eigenvalue weighted by molar-refractivity contribution is 5.71. The number of imidazole rings is 2. The van der Waals surface area contributed by atoms with E-state index in [4.69, 9.17) is 9.97 Å². The van der Waals surface area contributed by atoms with Crippen molar-refractivity contribution in [2.24, 2.45) is 0 Å². The van der Waals surface area contributed by atoms with Crippen molar-refractivity contribution in [2.75, 3.05) is 0 Å². The number of aromatic amines is 2. The molecule has 2 heterocycles. The summed E-state index contributed by atoms with van der Waals surface area (Å²) in [7, 11) is 0. The Morgan fingerprint density at radius 3 is 1.41 bits per heavy atom. The predicted octanol–water partition coefficient (Wildman–Crippen LogP) is 6.93. The minimum Gasteiger partial charge on any atom is -0.344 e. The van der Waals surface area contributed by atoms with Gasteiger partial charge in [0.2, 0.25) is 0 Å². The molecular weight excluding hydrogens is 392 g/mol. The van der Waals surface area contributed by atoms with Crippen LogP contribution in [0.15, 0.2) is 85.2 Å². The maximum atomic E-state index is 4.82. The molecule has 158 valence electrons. The zero-order chi connectivity index (χ0) is 21.9. The molecule has 5 rings (SSSR count). The van der Waals surface area contributed by atoms with Gasteiger partial charge in [0.15, 0.2) is 0 Å². The van der Waals surface area contributed by atoms with Crippen molar-refractivity contribution in [3.05, 3.63) is 96.3 Å². The van der Waals surface area contributed by atoms with Gasteiger partial charge in [-0.05, 0) is 30.0 Å². The molecule has 0 radical (unpaired) electrons. The molecule has 4 nitrogen and oxygen atoms in total. The third kappa shape index (κ3) is 4.00. The first kappa shape index (κ1) is 20.0. The summed E-state index contributed by atoms with van der Waals surface area (Å²) in [5.74, 6) is 1.70. The van der Waals surface area contributed by atoms with E-state index in [1.807, 2.05) is 18.5 Å². The van der Waals surface area contributed by atoms with Gasteiger partial charge in [-0.2, -0.15) is 0 Å². The third-order valence-corrected chi connectivity index (χ3v) is 5.88. The van der Waals surface area contributed by atoms with Gasteiger partial charge in [0.25, 0.3) is 0 Å². The number of hydrogen-bond donors (Lipinski definition) is 2. The summed E-state index contributed by atoms with van der Waals surface area (Å²) < 4.78 is 0. The van der Waals surface area contributed by atoms with Gasteiger partial charge in [0, 0.05) is 34.6 Å². The number of H-pyrrole nitrogens is 2. The second-order valence-electron chi connectivity index (χ2n) is 7.95. The van der Waals surface area contributed by atoms with Crippen molar-refractivity contribution in [2.45, 2.75) is 26.7 Å². The Morgan fingerprint density at radius 2 is 1.00 bits per heavy atom. The van der Waals surface area contributed by atoms with E-state index in [1.165, 1.54) is 11.1 Å². The molecule has 32 heavy (non-hydrogen) atoms. The van der Waals surface area contributed by atoms with Crippen molar-refractivity contribution in [3.8, 4) is 45.3 Å². The van der Waals surface area contributed by atoms with Crippen LogP contribution in [0.2, 0.25) is 0 Å². The molecular formula is C28H26N4. The van der Waals surface area contributed by atoms with Crippen LogP contribution in [-0.2, 0) is 12.8 Å². The van der Waals surface area contributed by atoms with E-state index >= 15 is 0 Å². The number of rotatable bonds is 6. The molecule has 3 aromatic carbocycles. The Morgan fingerprint density at radius 1 is 0.562 bits per heavy atom. The highest BCUT2D eigenvalue weighted by Crippen LogP contribution is 2.27. The average molecular weight is 419 g/mol. The van der Waals surface area contributed by atoms with Gasteiger partial charge in [-0.15, -0.1) is 0 Å². The van der Waals surface area contributed by atoms with Gasteiger partial charge in [-0.25, -0.2) is 9.97 Å². The lowest BCUT2D eigenvalue weighted by Crippen LogP contribution is -1.86. The molecule has 0 atom stereocenters. The molecule has 0 saturated heterocycles. The van der Waals surface area contributed by atoms with E-state index in [2.05, 4.69) is 90.5 Å². The summed E-state index contributed by atoms with van der Waals surface area (Å²) in [4.78, 5) is 16.3. The Hall–Kier alpha value is -3.92. The normalized spacial score (nSPS) is 11.1. The largest absolute Gasteiger partial charge is 0.344 e. The molecule has 0 aliphatic carbocycles. The molecule has 2 aromatic heterocycles. The molecule has 0 spiro atoms. The molecule has 4 heteroatoms. The van der Waals surface area contributed by atoms with E-state index in [9.17, 15) is 0 Å². The predicted molar refractivity (Wildman–Crippen MR) is 131 cm³/mol. The van der Waals surface area contributed by atoms with E-state index in [1.54, 1.807) is 0 Å². The lowest BCUT2D eigenvalue weighted by molar-refractivity contribution is 1.14. The van der Waals surface area contributed by atoms with Gasteiger partial charge < -0.3 is 9.97 Å². The second-order valence-corrected chi connectivity index (χ2v) is 7.95. The van der Waals surface area contributed by atoms with Crippen LogP contribution >= 0.6 is 0 Å². The monoisotopic (exact) mass is 418 g/mol. The smallest absolute Gasteiger partial charge is 0.138 e. The molecule has 0 amide bonds. The first-order valence-electron chi connectivity index (χ1n) is 11.1. The fourth-order valence-corrected chi connectivity index (χ4v) is 3.87. The second kappa shape index (κ2) is 8.67. The molecule has 0 fully saturated rings. The number of hydrogen-bond acceptors (Lipinski definition) is 2. The van der Waals surface area contributed by atoms with Crippen molar-refractivity contribution in [3.63, 3.8) is 0 Å². The van der Waals surface area contributed by atoms with E-state index in [0.29, 0.717) is 0 Å². The zero-order valence-electron chi connectivity index (χ0n) is 18.4. The number of nitrogens with one attached hydrogen (secondary N) is 2. The number of aromatic nitrogens is 4. The van der Waals surface area contributed by atoms with Crippen molar-refractivity contribution < 1.29 is 0 Å². The Labute approximate surface area is 188 Å². The first-order valence-corrected chi connectivity index (χ1v) is 11.1. The van der Waals surface area contributed by atoms with Crippen LogP contribution in [0.1, 0.15) is 25.0 Å². The number of nitrogens with zero attached hydrogens (tertiary/aromatic N) is 2. The summed E-state index contributed by atoms with van der Waals surface area (Å²) in [5, 5.41) is 0. The maximum absolute atomic E-state index is 4.82. The fraction of sp³-hybridized carbons (Fsp3) is 0.143. The van der Waals surface area contributed by atoms with Crippen LogP contribution in [0.25, 0.3) is 45.3 Å². The highest BCUT2D eigenvalue weighted by Gasteiger charge is 2.10. The highest BCUT2D eigenvalue weighted by atomic mass is 14.9. The van der Waals surface area contributed by atoms with Crippen LogP contribution in [-0.4, -0.2) is 19.9 Å². The van der Waals surface area contributed by atoms with Gasteiger partial charge in [-0.1, -0.05) is 80.6 Å². The minimum absolute atomic E-state index is 0.850. The van der Waals surface area contributed by atoms with E-state index < -0.39 is 0 Å². The third-order valence-electron chi connectivity index (χ3n) is 5.88. The molecule has 0 unspecified atom stereocenters. The van der Waals surface area contributed by atoms with Crippen molar-refractivity contribution in [1.29, 1.82) is 0 Å². The molecule has 0 saturated carbocycles. The quantitative estimate of drug-likeness (QED) is 0.314. The molecule has 5 aromatic rings. The molecule has 2 N–H and O–H groups in total. The lowest BCUT2D eigenvalue weighted by Gasteiger charge is -2.02. The van der Waals surface area contributed by atoms with Crippen LogP contribution < -0.4 is 0 Å². The van der Waals surface area contributed by atoms with Crippen LogP contribution in [0, 0.1) is 0 Å². The molecule has 0 bridgehead atoms. The minimum atomic E-state index is 0.850. The summed E-state index contributed by atoms with van der Waals surface area (Å²) in [6.45, 7) is 4.33. The topological polar surface area (TPSA) is 57.4 Å². The summed E-state index contributed by atoms with van der Waals surface area (Å²) in [6.07, 6.45) is 6.01. The van der Waals surface area contributed by atoms with Gasteiger partial charge in [0.05, 0.1) is 11.4 Å². The fourth-order valence-electron chi connectivity index (χ4n) is 3.87. The molecule has 0 aliphatic rings.